The Morgan fingerprint density at radius 1 is 1.00 bits per heavy atom. The third-order valence-corrected chi connectivity index (χ3v) is 4.83. The molecule has 1 amide bonds. The first kappa shape index (κ1) is 17.1. The Bertz CT molecular complexity index is 710. The molecule has 0 aromatic heterocycles. The molecule has 0 saturated carbocycles. The lowest BCUT2D eigenvalue weighted by atomic mass is 10.1. The predicted molar refractivity (Wildman–Crippen MR) is 100 cm³/mol. The van der Waals surface area contributed by atoms with Gasteiger partial charge in [0.05, 0.1) is 10.6 Å². The van der Waals surface area contributed by atoms with Crippen molar-refractivity contribution in [2.45, 2.75) is 25.8 Å². The van der Waals surface area contributed by atoms with Crippen molar-refractivity contribution in [1.29, 1.82) is 0 Å². The van der Waals surface area contributed by atoms with Crippen LogP contribution >= 0.6 is 23.2 Å². The molecular formula is C19H20Cl2N2O. The molecule has 1 aliphatic rings. The molecule has 24 heavy (non-hydrogen) atoms. The van der Waals surface area contributed by atoms with Gasteiger partial charge in [-0.3, -0.25) is 4.79 Å². The Hall–Kier alpha value is -1.71. The van der Waals surface area contributed by atoms with E-state index in [-0.39, 0.29) is 5.91 Å². The number of halogens is 2. The lowest BCUT2D eigenvalue weighted by Crippen LogP contribution is -2.29. The monoisotopic (exact) mass is 362 g/mol. The first-order valence-electron chi connectivity index (χ1n) is 8.20. The second-order valence-electron chi connectivity index (χ2n) is 6.02. The summed E-state index contributed by atoms with van der Waals surface area (Å²) in [7, 11) is 0. The summed E-state index contributed by atoms with van der Waals surface area (Å²) in [5, 5.41) is 3.77. The standard InChI is InChI=1S/C19H20Cl2N2O/c20-15-6-9-17(18(21)12-15)19(24)22-13-14-4-7-16(8-5-14)23-10-2-1-3-11-23/h4-9,12H,1-3,10-11,13H2,(H,22,24). The molecule has 0 unspecified atom stereocenters. The average molecular weight is 363 g/mol. The maximum absolute atomic E-state index is 12.2. The van der Waals surface area contributed by atoms with Crippen LogP contribution in [0.1, 0.15) is 35.2 Å². The third-order valence-electron chi connectivity index (χ3n) is 4.29. The van der Waals surface area contributed by atoms with Gasteiger partial charge in [0.25, 0.3) is 5.91 Å². The van der Waals surface area contributed by atoms with Crippen molar-refractivity contribution >= 4 is 34.8 Å². The van der Waals surface area contributed by atoms with Crippen LogP contribution in [0.15, 0.2) is 42.5 Å². The second-order valence-corrected chi connectivity index (χ2v) is 6.86. The summed E-state index contributed by atoms with van der Waals surface area (Å²) in [6.45, 7) is 2.73. The molecule has 2 aromatic carbocycles. The van der Waals surface area contributed by atoms with E-state index in [1.807, 2.05) is 0 Å². The summed E-state index contributed by atoms with van der Waals surface area (Å²) in [6, 6.07) is 13.3. The fraction of sp³-hybridized carbons (Fsp3) is 0.316. The van der Waals surface area contributed by atoms with E-state index in [9.17, 15) is 4.79 Å². The highest BCUT2D eigenvalue weighted by molar-refractivity contribution is 6.36. The Morgan fingerprint density at radius 2 is 1.71 bits per heavy atom. The number of hydrogen-bond acceptors (Lipinski definition) is 2. The van der Waals surface area contributed by atoms with Crippen molar-refractivity contribution in [3.63, 3.8) is 0 Å². The summed E-state index contributed by atoms with van der Waals surface area (Å²) in [6.07, 6.45) is 3.85. The second kappa shape index (κ2) is 7.91. The topological polar surface area (TPSA) is 32.3 Å². The SMILES string of the molecule is O=C(NCc1ccc(N2CCCCC2)cc1)c1ccc(Cl)cc1Cl. The zero-order valence-electron chi connectivity index (χ0n) is 13.4. The molecule has 0 radical (unpaired) electrons. The van der Waals surface area contributed by atoms with Gasteiger partial charge in [0, 0.05) is 30.3 Å². The lowest BCUT2D eigenvalue weighted by Gasteiger charge is -2.28. The maximum atomic E-state index is 12.2. The Labute approximate surface area is 152 Å². The van der Waals surface area contributed by atoms with E-state index in [2.05, 4.69) is 34.5 Å². The molecular weight excluding hydrogens is 343 g/mol. The Morgan fingerprint density at radius 3 is 2.38 bits per heavy atom. The molecule has 1 N–H and O–H groups in total. The van der Waals surface area contributed by atoms with Gasteiger partial charge in [-0.2, -0.15) is 0 Å². The van der Waals surface area contributed by atoms with E-state index in [1.54, 1.807) is 18.2 Å². The van der Waals surface area contributed by atoms with Crippen LogP contribution in [-0.4, -0.2) is 19.0 Å². The molecule has 3 rings (SSSR count). The normalized spacial score (nSPS) is 14.5. The molecule has 0 aliphatic carbocycles. The predicted octanol–water partition coefficient (Wildman–Crippen LogP) is 4.91. The molecule has 1 heterocycles. The number of rotatable bonds is 4. The van der Waals surface area contributed by atoms with Crippen molar-refractivity contribution in [3.05, 3.63) is 63.6 Å². The van der Waals surface area contributed by atoms with Crippen LogP contribution in [0.3, 0.4) is 0 Å². The van der Waals surface area contributed by atoms with E-state index >= 15 is 0 Å². The Balaban J connectivity index is 1.59. The molecule has 1 fully saturated rings. The van der Waals surface area contributed by atoms with Gasteiger partial charge in [-0.15, -0.1) is 0 Å². The lowest BCUT2D eigenvalue weighted by molar-refractivity contribution is 0.0951. The molecule has 0 spiro atoms. The largest absolute Gasteiger partial charge is 0.372 e. The van der Waals surface area contributed by atoms with Crippen molar-refractivity contribution < 1.29 is 4.79 Å². The zero-order chi connectivity index (χ0) is 16.9. The van der Waals surface area contributed by atoms with Crippen LogP contribution < -0.4 is 10.2 Å². The number of anilines is 1. The van der Waals surface area contributed by atoms with Gasteiger partial charge < -0.3 is 10.2 Å². The molecule has 3 nitrogen and oxygen atoms in total. The minimum Gasteiger partial charge on any atom is -0.372 e. The van der Waals surface area contributed by atoms with Crippen LogP contribution in [0.4, 0.5) is 5.69 Å². The van der Waals surface area contributed by atoms with Crippen LogP contribution in [-0.2, 0) is 6.54 Å². The number of benzene rings is 2. The van der Waals surface area contributed by atoms with E-state index in [0.29, 0.717) is 22.2 Å². The molecule has 1 saturated heterocycles. The van der Waals surface area contributed by atoms with Crippen molar-refractivity contribution in [2.75, 3.05) is 18.0 Å². The smallest absolute Gasteiger partial charge is 0.253 e. The molecule has 0 bridgehead atoms. The fourth-order valence-electron chi connectivity index (χ4n) is 2.93. The zero-order valence-corrected chi connectivity index (χ0v) is 14.9. The van der Waals surface area contributed by atoms with Gasteiger partial charge in [0.2, 0.25) is 0 Å². The highest BCUT2D eigenvalue weighted by Gasteiger charge is 2.12. The van der Waals surface area contributed by atoms with Crippen molar-refractivity contribution in [3.8, 4) is 0 Å². The molecule has 0 atom stereocenters. The van der Waals surface area contributed by atoms with Gasteiger partial charge in [-0.05, 0) is 55.2 Å². The van der Waals surface area contributed by atoms with Gasteiger partial charge in [0.15, 0.2) is 0 Å². The Kier molecular flexibility index (Phi) is 5.64. The fourth-order valence-corrected chi connectivity index (χ4v) is 3.42. The molecule has 1 aliphatic heterocycles. The van der Waals surface area contributed by atoms with E-state index in [1.165, 1.54) is 24.9 Å². The minimum atomic E-state index is -0.197. The molecule has 5 heteroatoms. The first-order chi connectivity index (χ1) is 11.6. The highest BCUT2D eigenvalue weighted by Crippen LogP contribution is 2.22. The first-order valence-corrected chi connectivity index (χ1v) is 8.96. The van der Waals surface area contributed by atoms with E-state index in [4.69, 9.17) is 23.2 Å². The van der Waals surface area contributed by atoms with Gasteiger partial charge in [-0.25, -0.2) is 0 Å². The number of piperidine rings is 1. The summed E-state index contributed by atoms with van der Waals surface area (Å²) in [5.74, 6) is -0.197. The summed E-state index contributed by atoms with van der Waals surface area (Å²) in [4.78, 5) is 14.6. The van der Waals surface area contributed by atoms with Gasteiger partial charge in [0.1, 0.15) is 0 Å². The van der Waals surface area contributed by atoms with Crippen LogP contribution in [0, 0.1) is 0 Å². The number of nitrogens with one attached hydrogen (secondary N) is 1. The quantitative estimate of drug-likeness (QED) is 0.837. The van der Waals surface area contributed by atoms with Crippen molar-refractivity contribution in [2.24, 2.45) is 0 Å². The highest BCUT2D eigenvalue weighted by atomic mass is 35.5. The van der Waals surface area contributed by atoms with Gasteiger partial charge >= 0.3 is 0 Å². The van der Waals surface area contributed by atoms with Crippen LogP contribution in [0.5, 0.6) is 0 Å². The van der Waals surface area contributed by atoms with Crippen LogP contribution in [0.25, 0.3) is 0 Å². The van der Waals surface area contributed by atoms with E-state index < -0.39 is 0 Å². The number of hydrogen-bond donors (Lipinski definition) is 1. The number of carbonyl (C=O) groups excluding carboxylic acids is 1. The van der Waals surface area contributed by atoms with Crippen molar-refractivity contribution in [1.82, 2.24) is 5.32 Å². The average Bonchev–Trinajstić information content (AvgIpc) is 2.61. The minimum absolute atomic E-state index is 0.197. The summed E-state index contributed by atoms with van der Waals surface area (Å²) < 4.78 is 0. The molecule has 2 aromatic rings. The summed E-state index contributed by atoms with van der Waals surface area (Å²) >= 11 is 11.9. The summed E-state index contributed by atoms with van der Waals surface area (Å²) in [5.41, 5.74) is 2.76. The number of nitrogens with zero attached hydrogens (tertiary/aromatic N) is 1. The maximum Gasteiger partial charge on any atom is 0.253 e. The third kappa shape index (κ3) is 4.22. The van der Waals surface area contributed by atoms with Gasteiger partial charge in [-0.1, -0.05) is 35.3 Å². The molecule has 126 valence electrons. The van der Waals surface area contributed by atoms with E-state index in [0.717, 1.165) is 18.7 Å². The number of amides is 1. The van der Waals surface area contributed by atoms with Crippen LogP contribution in [0.2, 0.25) is 10.0 Å². The number of carbonyl (C=O) groups is 1.